The fourth-order valence-corrected chi connectivity index (χ4v) is 6.25. The predicted octanol–water partition coefficient (Wildman–Crippen LogP) is 8.06. The molecule has 0 unspecified atom stereocenters. The van der Waals surface area contributed by atoms with Crippen LogP contribution in [0, 0.1) is 11.8 Å². The number of carbonyl (C=O) groups excluding carboxylic acids is 2. The van der Waals surface area contributed by atoms with E-state index in [4.69, 9.17) is 42.1 Å². The number of hydrogen-bond acceptors (Lipinski definition) is 6. The molecule has 4 aliphatic rings. The molecule has 4 aromatic rings. The normalized spacial score (nSPS) is 22.8. The van der Waals surface area contributed by atoms with Gasteiger partial charge in [-0.25, -0.2) is 0 Å². The molecule has 220 valence electrons. The molecular formula is C36H26Cl2O6. The number of benzene rings is 4. The van der Waals surface area contributed by atoms with E-state index in [1.165, 1.54) is 0 Å². The van der Waals surface area contributed by atoms with Crippen LogP contribution in [0.5, 0.6) is 11.5 Å². The summed E-state index contributed by atoms with van der Waals surface area (Å²) in [7, 11) is 0. The lowest BCUT2D eigenvalue weighted by Gasteiger charge is -2.34. The Morgan fingerprint density at radius 3 is 1.32 bits per heavy atom. The number of fused-ring (bicyclic) bond motifs is 6. The zero-order valence-corrected chi connectivity index (χ0v) is 24.8. The molecule has 4 aromatic carbocycles. The van der Waals surface area contributed by atoms with Crippen LogP contribution in [0.25, 0.3) is 11.5 Å². The van der Waals surface area contributed by atoms with E-state index >= 15 is 0 Å². The number of cyclic esters (lactones) is 2. The van der Waals surface area contributed by atoms with Gasteiger partial charge in [-0.2, -0.15) is 0 Å². The van der Waals surface area contributed by atoms with Crippen LogP contribution in [-0.2, 0) is 19.1 Å². The standard InChI is InChI=1S/2C18H13ClO3/c2*19-13-7-5-11(6-8-13)16-9-12-10-21-15-4-2-1-3-14(15)17(12)18(20)22-16/h2*1-9,12,17H,10H2/t2*12-,17-/m00/s1. The van der Waals surface area contributed by atoms with Crippen molar-refractivity contribution >= 4 is 46.7 Å². The Morgan fingerprint density at radius 2 is 0.909 bits per heavy atom. The zero-order valence-electron chi connectivity index (χ0n) is 23.3. The quantitative estimate of drug-likeness (QED) is 0.210. The minimum atomic E-state index is -0.291. The van der Waals surface area contributed by atoms with Crippen molar-refractivity contribution in [3.05, 3.63) is 142 Å². The summed E-state index contributed by atoms with van der Waals surface area (Å²) in [6.07, 6.45) is 3.95. The topological polar surface area (TPSA) is 71.1 Å². The van der Waals surface area contributed by atoms with Crippen molar-refractivity contribution in [3.63, 3.8) is 0 Å². The Bertz CT molecular complexity index is 1660. The number of esters is 2. The average molecular weight is 626 g/mol. The first-order chi connectivity index (χ1) is 21.4. The van der Waals surface area contributed by atoms with Crippen molar-refractivity contribution in [3.8, 4) is 11.5 Å². The smallest absolute Gasteiger partial charge is 0.319 e. The lowest BCUT2D eigenvalue weighted by Crippen LogP contribution is -2.34. The van der Waals surface area contributed by atoms with Crippen LogP contribution in [-0.4, -0.2) is 25.2 Å². The highest BCUT2D eigenvalue weighted by molar-refractivity contribution is 6.30. The summed E-state index contributed by atoms with van der Waals surface area (Å²) in [6, 6.07) is 29.8. The van der Waals surface area contributed by atoms with Gasteiger partial charge in [-0.05, 0) is 72.8 Å². The van der Waals surface area contributed by atoms with Gasteiger partial charge >= 0.3 is 11.9 Å². The van der Waals surface area contributed by atoms with Crippen molar-refractivity contribution in [2.45, 2.75) is 11.8 Å². The molecule has 0 fully saturated rings. The fraction of sp³-hybridized carbons (Fsp3) is 0.167. The van der Waals surface area contributed by atoms with Gasteiger partial charge in [-0.15, -0.1) is 0 Å². The van der Waals surface area contributed by atoms with Crippen LogP contribution in [0.1, 0.15) is 34.1 Å². The van der Waals surface area contributed by atoms with Crippen molar-refractivity contribution in [1.82, 2.24) is 0 Å². The van der Waals surface area contributed by atoms with Crippen molar-refractivity contribution in [2.75, 3.05) is 13.2 Å². The van der Waals surface area contributed by atoms with Crippen LogP contribution in [0.3, 0.4) is 0 Å². The largest absolute Gasteiger partial charge is 0.493 e. The molecule has 0 aliphatic carbocycles. The van der Waals surface area contributed by atoms with E-state index in [0.717, 1.165) is 33.8 Å². The van der Waals surface area contributed by atoms with Crippen molar-refractivity contribution < 1.29 is 28.5 Å². The summed E-state index contributed by atoms with van der Waals surface area (Å²) in [4.78, 5) is 25.0. The molecule has 0 saturated carbocycles. The highest BCUT2D eigenvalue weighted by Crippen LogP contribution is 2.44. The Balaban J connectivity index is 0.000000142. The summed E-state index contributed by atoms with van der Waals surface area (Å²) in [6.45, 7) is 0.960. The maximum atomic E-state index is 12.5. The van der Waals surface area contributed by atoms with Gasteiger partial charge in [0.25, 0.3) is 0 Å². The molecule has 4 heterocycles. The van der Waals surface area contributed by atoms with Gasteiger partial charge in [0.1, 0.15) is 23.0 Å². The maximum absolute atomic E-state index is 12.5. The monoisotopic (exact) mass is 624 g/mol. The number of carbonyl (C=O) groups is 2. The third-order valence-corrected chi connectivity index (χ3v) is 8.65. The molecule has 4 aliphatic heterocycles. The third-order valence-electron chi connectivity index (χ3n) is 8.14. The summed E-state index contributed by atoms with van der Waals surface area (Å²) < 4.78 is 22.7. The molecule has 8 rings (SSSR count). The van der Waals surface area contributed by atoms with Gasteiger partial charge in [-0.3, -0.25) is 9.59 Å². The van der Waals surface area contributed by atoms with Crippen LogP contribution < -0.4 is 9.47 Å². The molecule has 0 radical (unpaired) electrons. The molecule has 0 aromatic heterocycles. The second-order valence-electron chi connectivity index (χ2n) is 10.9. The van der Waals surface area contributed by atoms with E-state index in [2.05, 4.69) is 0 Å². The van der Waals surface area contributed by atoms with E-state index in [9.17, 15) is 9.59 Å². The molecule has 4 atom stereocenters. The number of para-hydroxylation sites is 2. The molecular weight excluding hydrogens is 599 g/mol. The summed E-state index contributed by atoms with van der Waals surface area (Å²) in [5.41, 5.74) is 3.48. The van der Waals surface area contributed by atoms with E-state index in [-0.39, 0.29) is 35.6 Å². The number of rotatable bonds is 2. The number of ether oxygens (including phenoxy) is 4. The molecule has 0 amide bonds. The van der Waals surface area contributed by atoms with Gasteiger partial charge in [-0.1, -0.05) is 59.6 Å². The Morgan fingerprint density at radius 1 is 0.523 bits per heavy atom. The lowest BCUT2D eigenvalue weighted by atomic mass is 9.82. The van der Waals surface area contributed by atoms with Gasteiger partial charge in [0.05, 0.1) is 25.0 Å². The first-order valence-corrected chi connectivity index (χ1v) is 15.0. The molecule has 8 heteroatoms. The summed E-state index contributed by atoms with van der Waals surface area (Å²) >= 11 is 11.8. The highest BCUT2D eigenvalue weighted by atomic mass is 35.5. The van der Waals surface area contributed by atoms with Gasteiger partial charge < -0.3 is 18.9 Å². The van der Waals surface area contributed by atoms with E-state index in [1.54, 1.807) is 24.3 Å². The first-order valence-electron chi connectivity index (χ1n) is 14.3. The Kier molecular flexibility index (Phi) is 7.62. The van der Waals surface area contributed by atoms with Crippen LogP contribution >= 0.6 is 23.2 Å². The highest BCUT2D eigenvalue weighted by Gasteiger charge is 2.41. The molecule has 0 saturated heterocycles. The summed E-state index contributed by atoms with van der Waals surface area (Å²) in [5, 5.41) is 1.30. The van der Waals surface area contributed by atoms with Crippen molar-refractivity contribution in [1.29, 1.82) is 0 Å². The van der Waals surface area contributed by atoms with Crippen LogP contribution in [0.15, 0.2) is 109 Å². The van der Waals surface area contributed by atoms with E-state index < -0.39 is 0 Å². The van der Waals surface area contributed by atoms with Gasteiger partial charge in [0.15, 0.2) is 0 Å². The Labute approximate surface area is 264 Å². The summed E-state index contributed by atoms with van der Waals surface area (Å²) in [5.74, 6) is 1.62. The second-order valence-corrected chi connectivity index (χ2v) is 11.8. The molecule has 0 spiro atoms. The predicted molar refractivity (Wildman–Crippen MR) is 167 cm³/mol. The first kappa shape index (κ1) is 28.3. The minimum absolute atomic E-state index is 0.0122. The molecule has 44 heavy (non-hydrogen) atoms. The molecule has 0 N–H and O–H groups in total. The van der Waals surface area contributed by atoms with Crippen molar-refractivity contribution in [2.24, 2.45) is 11.8 Å². The average Bonchev–Trinajstić information content (AvgIpc) is 3.05. The van der Waals surface area contributed by atoms with E-state index in [0.29, 0.717) is 34.8 Å². The second kappa shape index (κ2) is 11.9. The number of hydrogen-bond donors (Lipinski definition) is 0. The van der Waals surface area contributed by atoms with Crippen LogP contribution in [0.4, 0.5) is 0 Å². The van der Waals surface area contributed by atoms with Gasteiger partial charge in [0, 0.05) is 44.1 Å². The Hall–Kier alpha value is -4.52. The zero-order chi connectivity index (χ0) is 30.2. The van der Waals surface area contributed by atoms with Gasteiger partial charge in [0.2, 0.25) is 0 Å². The molecule has 0 bridgehead atoms. The molecule has 6 nitrogen and oxygen atoms in total. The minimum Gasteiger partial charge on any atom is -0.493 e. The SMILES string of the molecule is O=C1OC(c2ccc(Cl)cc2)=C[C@H]2COc3ccccc3[C@@H]12.O=C1OC(c2ccc(Cl)cc2)=C[C@H]2COc3ccccc3[C@@H]12. The van der Waals surface area contributed by atoms with Crippen LogP contribution in [0.2, 0.25) is 10.0 Å². The van der Waals surface area contributed by atoms with E-state index in [1.807, 2.05) is 84.9 Å². The third kappa shape index (κ3) is 5.47. The maximum Gasteiger partial charge on any atom is 0.319 e. The lowest BCUT2D eigenvalue weighted by molar-refractivity contribution is -0.142. The number of halogens is 2. The fourth-order valence-electron chi connectivity index (χ4n) is 5.99.